The highest BCUT2D eigenvalue weighted by atomic mass is 35.5. The summed E-state index contributed by atoms with van der Waals surface area (Å²) in [6, 6.07) is 13.0. The van der Waals surface area contributed by atoms with Gasteiger partial charge in [0.25, 0.3) is 0 Å². The van der Waals surface area contributed by atoms with Gasteiger partial charge in [-0.2, -0.15) is 0 Å². The lowest BCUT2D eigenvalue weighted by Crippen LogP contribution is -2.12. The van der Waals surface area contributed by atoms with Crippen LogP contribution in [0.5, 0.6) is 5.75 Å². The van der Waals surface area contributed by atoms with E-state index in [0.717, 1.165) is 28.9 Å². The summed E-state index contributed by atoms with van der Waals surface area (Å²) in [6.45, 7) is 3.43. The van der Waals surface area contributed by atoms with Crippen molar-refractivity contribution in [1.29, 1.82) is 0 Å². The Labute approximate surface area is 194 Å². The number of carboxylic acid groups (broad SMARTS) is 1. The summed E-state index contributed by atoms with van der Waals surface area (Å²) in [4.78, 5) is 19.8. The first-order valence-corrected chi connectivity index (χ1v) is 10.6. The molecule has 2 aromatic carbocycles. The Balaban J connectivity index is 1.52. The second kappa shape index (κ2) is 9.06. The molecule has 2 N–H and O–H groups in total. The van der Waals surface area contributed by atoms with Crippen LogP contribution in [0.4, 0.5) is 5.82 Å². The van der Waals surface area contributed by atoms with Crippen LogP contribution in [-0.4, -0.2) is 39.3 Å². The highest BCUT2D eigenvalue weighted by Gasteiger charge is 2.16. The molecule has 0 atom stereocenters. The largest absolute Gasteiger partial charge is 0.496 e. The Kier molecular flexibility index (Phi) is 6.21. The fourth-order valence-electron chi connectivity index (χ4n) is 3.70. The van der Waals surface area contributed by atoms with Gasteiger partial charge in [0.15, 0.2) is 0 Å². The fourth-order valence-corrected chi connectivity index (χ4v) is 4.35. The van der Waals surface area contributed by atoms with Crippen LogP contribution in [0.2, 0.25) is 10.0 Å². The Hall–Kier alpha value is -3.29. The summed E-state index contributed by atoms with van der Waals surface area (Å²) in [6.07, 6.45) is 1.44. The molecule has 9 heteroatoms. The third-order valence-corrected chi connectivity index (χ3v) is 5.79. The highest BCUT2D eigenvalue weighted by molar-refractivity contribution is 6.39. The number of benzene rings is 2. The molecule has 0 aliphatic rings. The van der Waals surface area contributed by atoms with Crippen LogP contribution >= 0.6 is 23.2 Å². The van der Waals surface area contributed by atoms with Crippen molar-refractivity contribution in [3.8, 4) is 17.0 Å². The first-order chi connectivity index (χ1) is 15.4. The molecule has 7 nitrogen and oxygen atoms in total. The Morgan fingerprint density at radius 3 is 2.59 bits per heavy atom. The smallest absolute Gasteiger partial charge is 0.338 e. The van der Waals surface area contributed by atoms with Crippen molar-refractivity contribution in [1.82, 2.24) is 14.5 Å². The van der Waals surface area contributed by atoms with Crippen molar-refractivity contribution in [2.45, 2.75) is 13.5 Å². The molecule has 4 aromatic rings. The summed E-state index contributed by atoms with van der Waals surface area (Å²) in [5.41, 5.74) is 3.30. The Morgan fingerprint density at radius 1 is 1.16 bits per heavy atom. The molecule has 0 bridgehead atoms. The maximum absolute atomic E-state index is 11.3. The van der Waals surface area contributed by atoms with Crippen molar-refractivity contribution >= 4 is 45.9 Å². The highest BCUT2D eigenvalue weighted by Crippen LogP contribution is 2.32. The number of aromatic nitrogens is 3. The molecule has 0 unspecified atom stereocenters. The molecular weight excluding hydrogens is 451 g/mol. The number of ether oxygens (including phenoxy) is 1. The average molecular weight is 471 g/mol. The number of halogens is 2. The van der Waals surface area contributed by atoms with Gasteiger partial charge >= 0.3 is 5.97 Å². The van der Waals surface area contributed by atoms with Crippen LogP contribution in [0, 0.1) is 6.92 Å². The lowest BCUT2D eigenvalue weighted by atomic mass is 10.1. The zero-order valence-corrected chi connectivity index (χ0v) is 18.9. The van der Waals surface area contributed by atoms with E-state index < -0.39 is 5.97 Å². The van der Waals surface area contributed by atoms with Gasteiger partial charge < -0.3 is 19.7 Å². The molecule has 0 aliphatic heterocycles. The molecule has 0 aliphatic carbocycles. The molecule has 0 spiro atoms. The van der Waals surface area contributed by atoms with Gasteiger partial charge in [0.05, 0.1) is 33.9 Å². The fraction of sp³-hybridized carbons (Fsp3) is 0.174. The SMILES string of the molecule is COc1cccc2c1cc(C)n2CCNc1cc(-c2cc(Cl)c(C(=O)O)c(Cl)c2)ncn1. The molecule has 0 saturated carbocycles. The number of nitrogens with one attached hydrogen (secondary N) is 1. The number of methoxy groups -OCH3 is 1. The van der Waals surface area contributed by atoms with Gasteiger partial charge in [-0.25, -0.2) is 14.8 Å². The quantitative estimate of drug-likeness (QED) is 0.368. The van der Waals surface area contributed by atoms with Gasteiger partial charge in [-0.05, 0) is 37.3 Å². The standard InChI is InChI=1S/C23H20Cl2N4O3/c1-13-8-15-19(4-3-5-20(15)32-2)29(13)7-6-26-21-11-18(27-12-28-21)14-9-16(24)22(23(30)31)17(25)10-14/h3-5,8-12H,6-7H2,1-2H3,(H,30,31)(H,26,27,28). The van der Waals surface area contributed by atoms with Gasteiger partial charge in [0, 0.05) is 35.8 Å². The molecule has 0 fully saturated rings. The number of hydrogen-bond acceptors (Lipinski definition) is 5. The number of aryl methyl sites for hydroxylation is 1. The zero-order valence-electron chi connectivity index (χ0n) is 17.4. The van der Waals surface area contributed by atoms with E-state index in [1.807, 2.05) is 12.1 Å². The number of carbonyl (C=O) groups is 1. The third kappa shape index (κ3) is 4.22. The first kappa shape index (κ1) is 21.9. The molecule has 32 heavy (non-hydrogen) atoms. The summed E-state index contributed by atoms with van der Waals surface area (Å²) in [7, 11) is 1.67. The van der Waals surface area contributed by atoms with Crippen LogP contribution in [0.15, 0.2) is 48.8 Å². The number of carboxylic acids is 1. The molecule has 0 amide bonds. The third-order valence-electron chi connectivity index (χ3n) is 5.19. The van der Waals surface area contributed by atoms with E-state index >= 15 is 0 Å². The minimum absolute atomic E-state index is 0.0542. The summed E-state index contributed by atoms with van der Waals surface area (Å²) >= 11 is 12.2. The van der Waals surface area contributed by atoms with E-state index in [1.54, 1.807) is 13.2 Å². The van der Waals surface area contributed by atoms with Crippen LogP contribution < -0.4 is 10.1 Å². The van der Waals surface area contributed by atoms with E-state index in [-0.39, 0.29) is 15.6 Å². The molecular formula is C23H20Cl2N4O3. The molecule has 4 rings (SSSR count). The predicted molar refractivity (Wildman–Crippen MR) is 126 cm³/mol. The number of nitrogens with zero attached hydrogens (tertiary/aromatic N) is 3. The van der Waals surface area contributed by atoms with E-state index in [4.69, 9.17) is 27.9 Å². The van der Waals surface area contributed by atoms with Crippen LogP contribution in [0.3, 0.4) is 0 Å². The maximum Gasteiger partial charge on any atom is 0.338 e. The average Bonchev–Trinajstić information content (AvgIpc) is 3.08. The van der Waals surface area contributed by atoms with Gasteiger partial charge in [0.2, 0.25) is 0 Å². The first-order valence-electron chi connectivity index (χ1n) is 9.80. The Morgan fingerprint density at radius 2 is 1.91 bits per heavy atom. The summed E-state index contributed by atoms with van der Waals surface area (Å²) in [5.74, 6) is 0.308. The lowest BCUT2D eigenvalue weighted by molar-refractivity contribution is 0.0697. The second-order valence-electron chi connectivity index (χ2n) is 7.17. The minimum atomic E-state index is -1.18. The van der Waals surface area contributed by atoms with Gasteiger partial charge in [-0.3, -0.25) is 0 Å². The maximum atomic E-state index is 11.3. The van der Waals surface area contributed by atoms with Crippen LogP contribution in [0.1, 0.15) is 16.1 Å². The molecule has 2 aromatic heterocycles. The molecule has 0 radical (unpaired) electrons. The van der Waals surface area contributed by atoms with Crippen LogP contribution in [-0.2, 0) is 6.54 Å². The van der Waals surface area contributed by atoms with Crippen LogP contribution in [0.25, 0.3) is 22.2 Å². The van der Waals surface area contributed by atoms with E-state index in [1.165, 1.54) is 18.5 Å². The van der Waals surface area contributed by atoms with Crippen molar-refractivity contribution < 1.29 is 14.6 Å². The van der Waals surface area contributed by atoms with Crippen molar-refractivity contribution in [3.63, 3.8) is 0 Å². The molecule has 2 heterocycles. The minimum Gasteiger partial charge on any atom is -0.496 e. The monoisotopic (exact) mass is 470 g/mol. The second-order valence-corrected chi connectivity index (χ2v) is 7.98. The van der Waals surface area contributed by atoms with E-state index in [2.05, 4.69) is 38.9 Å². The summed E-state index contributed by atoms with van der Waals surface area (Å²) in [5, 5.41) is 13.7. The van der Waals surface area contributed by atoms with Crippen molar-refractivity contribution in [3.05, 3.63) is 70.1 Å². The number of hydrogen-bond donors (Lipinski definition) is 2. The summed E-state index contributed by atoms with van der Waals surface area (Å²) < 4.78 is 7.68. The number of aromatic carboxylic acids is 1. The normalized spacial score (nSPS) is 11.0. The lowest BCUT2D eigenvalue weighted by Gasteiger charge is -2.11. The van der Waals surface area contributed by atoms with Crippen molar-refractivity contribution in [2.75, 3.05) is 19.0 Å². The Bertz CT molecular complexity index is 1300. The molecule has 0 saturated heterocycles. The van der Waals surface area contributed by atoms with Crippen molar-refractivity contribution in [2.24, 2.45) is 0 Å². The van der Waals surface area contributed by atoms with E-state index in [0.29, 0.717) is 23.6 Å². The number of fused-ring (bicyclic) bond motifs is 1. The topological polar surface area (TPSA) is 89.3 Å². The predicted octanol–water partition coefficient (Wildman–Crippen LogP) is 5.53. The molecule has 164 valence electrons. The van der Waals surface area contributed by atoms with Gasteiger partial charge in [-0.15, -0.1) is 0 Å². The number of rotatable bonds is 7. The number of anilines is 1. The zero-order chi connectivity index (χ0) is 22.8. The van der Waals surface area contributed by atoms with Gasteiger partial charge in [0.1, 0.15) is 17.9 Å². The van der Waals surface area contributed by atoms with Gasteiger partial charge in [-0.1, -0.05) is 29.3 Å². The van der Waals surface area contributed by atoms with E-state index in [9.17, 15) is 9.90 Å².